The van der Waals surface area contributed by atoms with Gasteiger partial charge in [0.25, 0.3) is 11.7 Å². The van der Waals surface area contributed by atoms with Crippen molar-refractivity contribution in [1.82, 2.24) is 9.80 Å². The zero-order chi connectivity index (χ0) is 21.1. The zero-order valence-electron chi connectivity index (χ0n) is 16.5. The maximum absolute atomic E-state index is 13.5. The van der Waals surface area contributed by atoms with Gasteiger partial charge in [-0.05, 0) is 17.7 Å². The van der Waals surface area contributed by atoms with E-state index >= 15 is 0 Å². The van der Waals surface area contributed by atoms with Crippen LogP contribution in [-0.4, -0.2) is 66.0 Å². The van der Waals surface area contributed by atoms with Gasteiger partial charge in [-0.3, -0.25) is 14.5 Å². The Kier molecular flexibility index (Phi) is 5.92. The van der Waals surface area contributed by atoms with Crippen LogP contribution >= 0.6 is 0 Å². The summed E-state index contributed by atoms with van der Waals surface area (Å²) in [6, 6.07) is 13.6. The van der Waals surface area contributed by atoms with E-state index in [2.05, 4.69) is 4.90 Å². The summed E-state index contributed by atoms with van der Waals surface area (Å²) < 4.78 is 18.9. The molecule has 0 aromatic heterocycles. The van der Waals surface area contributed by atoms with Crippen LogP contribution in [0, 0.1) is 5.82 Å². The third-order valence-corrected chi connectivity index (χ3v) is 5.53. The molecule has 156 valence electrons. The minimum absolute atomic E-state index is 0.0276. The maximum atomic E-state index is 13.5. The van der Waals surface area contributed by atoms with Crippen molar-refractivity contribution in [1.29, 1.82) is 0 Å². The number of benzene rings is 2. The zero-order valence-corrected chi connectivity index (χ0v) is 16.5. The third-order valence-electron chi connectivity index (χ3n) is 5.53. The van der Waals surface area contributed by atoms with Crippen LogP contribution < -0.4 is 0 Å². The molecule has 2 aromatic carbocycles. The van der Waals surface area contributed by atoms with Crippen molar-refractivity contribution in [2.75, 3.05) is 39.4 Å². The van der Waals surface area contributed by atoms with Crippen LogP contribution in [0.2, 0.25) is 0 Å². The lowest BCUT2D eigenvalue weighted by molar-refractivity contribution is -0.140. The van der Waals surface area contributed by atoms with E-state index in [0.717, 1.165) is 13.1 Å². The molecule has 2 aromatic rings. The first-order chi connectivity index (χ1) is 14.6. The Balaban J connectivity index is 1.72. The summed E-state index contributed by atoms with van der Waals surface area (Å²) in [5.41, 5.74) is 1.06. The molecule has 0 bridgehead atoms. The lowest BCUT2D eigenvalue weighted by Gasteiger charge is -2.31. The van der Waals surface area contributed by atoms with Crippen LogP contribution in [0.1, 0.15) is 17.2 Å². The molecule has 2 saturated heterocycles. The average Bonchev–Trinajstić information content (AvgIpc) is 3.04. The summed E-state index contributed by atoms with van der Waals surface area (Å²) in [4.78, 5) is 29.4. The monoisotopic (exact) mass is 410 g/mol. The highest BCUT2D eigenvalue weighted by Crippen LogP contribution is 2.39. The summed E-state index contributed by atoms with van der Waals surface area (Å²) in [5.74, 6) is -2.02. The molecule has 0 radical (unpaired) electrons. The van der Waals surface area contributed by atoms with Crippen LogP contribution in [0.4, 0.5) is 4.39 Å². The summed E-state index contributed by atoms with van der Waals surface area (Å²) >= 11 is 0. The Hall–Kier alpha value is -3.03. The van der Waals surface area contributed by atoms with Crippen LogP contribution in [0.5, 0.6) is 0 Å². The molecule has 4 rings (SSSR count). The fourth-order valence-corrected chi connectivity index (χ4v) is 3.93. The van der Waals surface area contributed by atoms with E-state index in [9.17, 15) is 19.1 Å². The smallest absolute Gasteiger partial charge is 0.295 e. The molecular weight excluding hydrogens is 387 g/mol. The van der Waals surface area contributed by atoms with Crippen molar-refractivity contribution in [2.45, 2.75) is 6.04 Å². The number of aliphatic hydroxyl groups excluding tert-OH is 1. The Morgan fingerprint density at radius 3 is 2.33 bits per heavy atom. The van der Waals surface area contributed by atoms with Gasteiger partial charge in [-0.2, -0.15) is 0 Å². The number of aliphatic hydroxyl groups is 1. The third kappa shape index (κ3) is 3.99. The number of rotatable bonds is 5. The number of nitrogens with zero attached hydrogens (tertiary/aromatic N) is 2. The van der Waals surface area contributed by atoms with Gasteiger partial charge in [0.1, 0.15) is 11.6 Å². The van der Waals surface area contributed by atoms with E-state index in [4.69, 9.17) is 4.74 Å². The van der Waals surface area contributed by atoms with Gasteiger partial charge < -0.3 is 14.7 Å². The fourth-order valence-electron chi connectivity index (χ4n) is 3.93. The van der Waals surface area contributed by atoms with E-state index in [0.29, 0.717) is 37.4 Å². The van der Waals surface area contributed by atoms with Crippen molar-refractivity contribution in [2.24, 2.45) is 0 Å². The largest absolute Gasteiger partial charge is 0.507 e. The number of ketones is 1. The van der Waals surface area contributed by atoms with Crippen molar-refractivity contribution in [3.05, 3.63) is 77.1 Å². The Morgan fingerprint density at radius 2 is 1.67 bits per heavy atom. The number of hydrogen-bond donors (Lipinski definition) is 1. The number of carbonyl (C=O) groups is 2. The molecule has 2 aliphatic heterocycles. The molecule has 1 amide bonds. The van der Waals surface area contributed by atoms with Gasteiger partial charge in [0.2, 0.25) is 0 Å². The molecule has 1 atom stereocenters. The number of ether oxygens (including phenoxy) is 1. The lowest BCUT2D eigenvalue weighted by Crippen LogP contribution is -2.42. The summed E-state index contributed by atoms with van der Waals surface area (Å²) in [6.07, 6.45) is 0. The van der Waals surface area contributed by atoms with Crippen LogP contribution in [0.25, 0.3) is 5.76 Å². The SMILES string of the molecule is O=C1C(=O)N(CCN2CCOCC2)[C@@H](c2ccc(F)cc2)C1=C(O)c1ccccc1. The number of amides is 1. The molecule has 2 heterocycles. The van der Waals surface area contributed by atoms with Gasteiger partial charge in [0, 0.05) is 31.7 Å². The second-order valence-electron chi connectivity index (χ2n) is 7.36. The van der Waals surface area contributed by atoms with Crippen LogP contribution in [0.3, 0.4) is 0 Å². The quantitative estimate of drug-likeness (QED) is 0.466. The number of Topliss-reactive ketones (excluding diaryl/α,β-unsaturated/α-hetero) is 1. The normalized spacial score (nSPS) is 21.9. The molecule has 1 N–H and O–H groups in total. The van der Waals surface area contributed by atoms with Gasteiger partial charge in [0.05, 0.1) is 24.8 Å². The first kappa shape index (κ1) is 20.3. The van der Waals surface area contributed by atoms with Gasteiger partial charge in [-0.1, -0.05) is 42.5 Å². The molecule has 0 spiro atoms. The number of halogens is 1. The molecule has 0 unspecified atom stereocenters. The van der Waals surface area contributed by atoms with E-state index in [1.54, 1.807) is 42.5 Å². The number of morpholine rings is 1. The van der Waals surface area contributed by atoms with E-state index in [-0.39, 0.29) is 11.3 Å². The average molecular weight is 410 g/mol. The van der Waals surface area contributed by atoms with Gasteiger partial charge >= 0.3 is 0 Å². The topological polar surface area (TPSA) is 70.1 Å². The molecule has 0 aliphatic carbocycles. The molecule has 6 nitrogen and oxygen atoms in total. The second kappa shape index (κ2) is 8.77. The molecule has 7 heteroatoms. The standard InChI is InChI=1S/C23H23FN2O4/c24-18-8-6-16(7-9-18)20-19(21(27)17-4-2-1-3-5-17)22(28)23(29)26(20)11-10-25-12-14-30-15-13-25/h1-9,20,27H,10-15H2/t20-/m0/s1. The first-order valence-corrected chi connectivity index (χ1v) is 9.95. The lowest BCUT2D eigenvalue weighted by atomic mass is 9.95. The first-order valence-electron chi connectivity index (χ1n) is 9.95. The van der Waals surface area contributed by atoms with Gasteiger partial charge in [0.15, 0.2) is 0 Å². The Morgan fingerprint density at radius 1 is 1.00 bits per heavy atom. The molecule has 0 saturated carbocycles. The molecule has 2 fully saturated rings. The Bertz CT molecular complexity index is 953. The van der Waals surface area contributed by atoms with Crippen LogP contribution in [-0.2, 0) is 14.3 Å². The number of carbonyl (C=O) groups excluding carboxylic acids is 2. The van der Waals surface area contributed by atoms with Crippen molar-refractivity contribution >= 4 is 17.4 Å². The van der Waals surface area contributed by atoms with Gasteiger partial charge in [-0.15, -0.1) is 0 Å². The predicted molar refractivity (Wildman–Crippen MR) is 109 cm³/mol. The van der Waals surface area contributed by atoms with Crippen LogP contribution in [0.15, 0.2) is 60.2 Å². The van der Waals surface area contributed by atoms with E-state index < -0.39 is 23.5 Å². The van der Waals surface area contributed by atoms with Gasteiger partial charge in [-0.25, -0.2) is 4.39 Å². The minimum Gasteiger partial charge on any atom is -0.507 e. The minimum atomic E-state index is -0.771. The second-order valence-corrected chi connectivity index (χ2v) is 7.36. The maximum Gasteiger partial charge on any atom is 0.295 e. The van der Waals surface area contributed by atoms with Crippen molar-refractivity contribution in [3.8, 4) is 0 Å². The highest BCUT2D eigenvalue weighted by atomic mass is 19.1. The summed E-state index contributed by atoms with van der Waals surface area (Å²) in [6.45, 7) is 3.68. The van der Waals surface area contributed by atoms with Crippen molar-refractivity contribution in [3.63, 3.8) is 0 Å². The number of likely N-dealkylation sites (tertiary alicyclic amines) is 1. The van der Waals surface area contributed by atoms with E-state index in [1.807, 2.05) is 0 Å². The number of hydrogen-bond acceptors (Lipinski definition) is 5. The fraction of sp³-hybridized carbons (Fsp3) is 0.304. The molecular formula is C23H23FN2O4. The van der Waals surface area contributed by atoms with Crippen molar-refractivity contribution < 1.29 is 23.8 Å². The highest BCUT2D eigenvalue weighted by Gasteiger charge is 2.46. The highest BCUT2D eigenvalue weighted by molar-refractivity contribution is 6.46. The summed E-state index contributed by atoms with van der Waals surface area (Å²) in [7, 11) is 0. The molecule has 30 heavy (non-hydrogen) atoms. The predicted octanol–water partition coefficient (Wildman–Crippen LogP) is 2.58. The van der Waals surface area contributed by atoms with E-state index in [1.165, 1.54) is 17.0 Å². The molecule has 2 aliphatic rings. The summed E-state index contributed by atoms with van der Waals surface area (Å²) in [5, 5.41) is 10.9. The Labute approximate surface area is 174 Å².